The molecule has 0 unspecified atom stereocenters. The van der Waals surface area contributed by atoms with Crippen molar-refractivity contribution in [2.24, 2.45) is 0 Å². The van der Waals surface area contributed by atoms with E-state index < -0.39 is 0 Å². The van der Waals surface area contributed by atoms with Gasteiger partial charge in [0.05, 0.1) is 27.6 Å². The van der Waals surface area contributed by atoms with Crippen LogP contribution in [0, 0.1) is 27.7 Å². The van der Waals surface area contributed by atoms with Gasteiger partial charge in [0.15, 0.2) is 0 Å². The largest absolute Gasteiger partial charge is 0.458 e. The molecular formula is C103H70B4N4O. The first-order chi connectivity index (χ1) is 55.3. The van der Waals surface area contributed by atoms with Crippen LogP contribution in [0.15, 0.2) is 315 Å². The van der Waals surface area contributed by atoms with E-state index in [-0.39, 0.29) is 6.71 Å². The Morgan fingerprint density at radius 1 is 0.232 bits per heavy atom. The number of hydrogen-bond acceptors (Lipinski definition) is 1. The molecule has 0 saturated heterocycles. The first-order valence-electron chi connectivity index (χ1n) is 39.9. The molecular weight excluding hydrogens is 1350 g/mol. The summed E-state index contributed by atoms with van der Waals surface area (Å²) >= 11 is 0. The van der Waals surface area contributed by atoms with Crippen molar-refractivity contribution in [3.63, 3.8) is 0 Å². The molecule has 0 radical (unpaired) electrons. The molecule has 8 aliphatic heterocycles. The van der Waals surface area contributed by atoms with Crippen LogP contribution < -0.4 is 70.3 Å². The molecule has 0 atom stereocenters. The zero-order valence-corrected chi connectivity index (χ0v) is 62.7. The number of ether oxygens (including phenoxy) is 1. The van der Waals surface area contributed by atoms with Gasteiger partial charge in [-0.1, -0.05) is 283 Å². The molecule has 0 aliphatic carbocycles. The van der Waals surface area contributed by atoms with E-state index in [2.05, 4.69) is 361 Å². The molecule has 5 nitrogen and oxygen atoms in total. The lowest BCUT2D eigenvalue weighted by Gasteiger charge is -2.34. The number of benzene rings is 16. The zero-order chi connectivity index (χ0) is 73.6. The zero-order valence-electron chi connectivity index (χ0n) is 62.7. The van der Waals surface area contributed by atoms with Crippen LogP contribution >= 0.6 is 0 Å². The van der Waals surface area contributed by atoms with Crippen molar-refractivity contribution in [1.82, 2.24) is 18.3 Å². The maximum atomic E-state index is 6.37. The van der Waals surface area contributed by atoms with E-state index in [4.69, 9.17) is 4.74 Å². The fraction of sp³-hybridized carbons (Fsp3) is 0.0680. The predicted octanol–water partition coefficient (Wildman–Crippen LogP) is 15.5. The lowest BCUT2D eigenvalue weighted by molar-refractivity contribution is 0.488. The van der Waals surface area contributed by atoms with E-state index in [0.717, 1.165) is 30.8 Å². The Morgan fingerprint density at radius 3 is 1.16 bits per heavy atom. The van der Waals surface area contributed by atoms with Crippen LogP contribution in [0.4, 0.5) is 0 Å². The van der Waals surface area contributed by atoms with Crippen LogP contribution in [0.5, 0.6) is 11.5 Å². The lowest BCUT2D eigenvalue weighted by atomic mass is 9.32. The third-order valence-electron chi connectivity index (χ3n) is 26.7. The summed E-state index contributed by atoms with van der Waals surface area (Å²) < 4.78 is 16.4. The second-order valence-electron chi connectivity index (χ2n) is 32.5. The van der Waals surface area contributed by atoms with E-state index in [0.29, 0.717) is 20.1 Å². The number of aromatic nitrogens is 4. The highest BCUT2D eigenvalue weighted by molar-refractivity contribution is 7.01. The molecule has 28 rings (SSSR count). The fourth-order valence-electron chi connectivity index (χ4n) is 22.3. The minimum atomic E-state index is 0.206. The van der Waals surface area contributed by atoms with Crippen LogP contribution in [-0.2, 0) is 19.3 Å². The van der Waals surface area contributed by atoms with Gasteiger partial charge in [-0.2, -0.15) is 0 Å². The summed E-state index contributed by atoms with van der Waals surface area (Å²) in [5.74, 6) is 1.95. The minimum Gasteiger partial charge on any atom is -0.458 e. The molecule has 0 amide bonds. The van der Waals surface area contributed by atoms with E-state index in [1.54, 1.807) is 0 Å². The van der Waals surface area contributed by atoms with Gasteiger partial charge in [0, 0.05) is 82.4 Å². The average molecular weight is 1420 g/mol. The second-order valence-corrected chi connectivity index (χ2v) is 32.5. The summed E-state index contributed by atoms with van der Waals surface area (Å²) in [5.41, 5.74) is 47.5. The molecule has 112 heavy (non-hydrogen) atoms. The molecule has 520 valence electrons. The summed E-state index contributed by atoms with van der Waals surface area (Å²) in [6.07, 6.45) is 3.09. The monoisotopic (exact) mass is 1420 g/mol. The second kappa shape index (κ2) is 23.2. The average Bonchev–Trinajstić information content (AvgIpc) is 1.50. The van der Waals surface area contributed by atoms with Gasteiger partial charge in [0.2, 0.25) is 20.1 Å². The molecule has 0 N–H and O–H groups in total. The quantitative estimate of drug-likeness (QED) is 0.139. The predicted molar refractivity (Wildman–Crippen MR) is 475 cm³/mol. The molecule has 16 aromatic carbocycles. The van der Waals surface area contributed by atoms with Crippen LogP contribution in [0.2, 0.25) is 0 Å². The smallest absolute Gasteiger partial charge is 0.256 e. The van der Waals surface area contributed by atoms with Gasteiger partial charge in [-0.15, -0.1) is 0 Å². The summed E-state index contributed by atoms with van der Waals surface area (Å²) in [6.45, 7) is 10.1. The lowest BCUT2D eigenvalue weighted by Crippen LogP contribution is -2.60. The van der Waals surface area contributed by atoms with Gasteiger partial charge < -0.3 is 23.0 Å². The summed E-state index contributed by atoms with van der Waals surface area (Å²) in [7, 11) is 0. The molecule has 0 spiro atoms. The van der Waals surface area contributed by atoms with Crippen molar-refractivity contribution >= 4 is 180 Å². The summed E-state index contributed by atoms with van der Waals surface area (Å²) in [5, 5.41) is 10.8. The molecule has 4 aromatic heterocycles. The van der Waals surface area contributed by atoms with Crippen LogP contribution in [0.1, 0.15) is 55.6 Å². The molecule has 12 heterocycles. The molecule has 20 aromatic rings. The van der Waals surface area contributed by atoms with E-state index in [1.165, 1.54) is 231 Å². The topological polar surface area (TPSA) is 28.9 Å². The Bertz CT molecular complexity index is 7410. The van der Waals surface area contributed by atoms with Crippen molar-refractivity contribution in [2.75, 3.05) is 0 Å². The standard InChI is InChI=1S/3C26H18BN.C25H16BNO/c1-16-7-6-11-22-25(16)28-23-12-5-3-9-19(23)20-14-13-18-15-17-8-2-4-10-21(17)27(22)24(18)26(20)28;1-16-7-6-9-19-20-14-13-18-15-17-8-2-3-10-21(17)27-22-11-4-5-12-23(22)28(25(16)19)26(20)24(18)27;1-16-10-12-19-20-13-11-18-15-17-6-2-3-7-21(17)27-22-8-4-5-9-23(22)28(24(19)14-16)26(20)25(18)27;1-15-7-6-8-16-17-13-14-22-23-25(17)27(24(15)16)20-11-4-2-9-18(20)26(23)19-10-3-5-12-21(19)28-22/h3*2-14H,15H2,1H3;2-14H,1H3. The Hall–Kier alpha value is -13.2. The van der Waals surface area contributed by atoms with Gasteiger partial charge in [-0.3, -0.25) is 0 Å². The highest BCUT2D eigenvalue weighted by Gasteiger charge is 2.44. The van der Waals surface area contributed by atoms with E-state index in [1.807, 2.05) is 0 Å². The molecule has 8 aliphatic rings. The SMILES string of the molecule is Cc1ccc2c3ccc4c5c3n(c2c1)-c1ccccc1B5c1ccccc1C4.Cc1cccc2c1-n1c3ccccc3c3ccc4c(c31)B2c1ccccc1C4.Cc1cccc2c3ccc4c5c3n(c12)-c1ccccc1B5c1ccccc1C4.Cc1cccc2c3ccc4c5c3n(c12)-c1ccccc1B5c1ccccc1O4. The summed E-state index contributed by atoms with van der Waals surface area (Å²) in [4.78, 5) is 0. The number of fused-ring (bicyclic) bond motifs is 32. The van der Waals surface area contributed by atoms with E-state index >= 15 is 0 Å². The number of nitrogens with zero attached hydrogens (tertiary/aromatic N) is 4. The third-order valence-corrected chi connectivity index (χ3v) is 26.7. The third kappa shape index (κ3) is 8.37. The Balaban J connectivity index is 0.0000000847. The first-order valence-corrected chi connectivity index (χ1v) is 39.9. The van der Waals surface area contributed by atoms with Gasteiger partial charge in [-0.25, -0.2) is 0 Å². The van der Waals surface area contributed by atoms with Crippen LogP contribution in [0.25, 0.3) is 110 Å². The van der Waals surface area contributed by atoms with Gasteiger partial charge in [-0.05, 0) is 200 Å². The van der Waals surface area contributed by atoms with Crippen molar-refractivity contribution in [3.8, 4) is 34.2 Å². The number of hydrogen-bond donors (Lipinski definition) is 0. The summed E-state index contributed by atoms with van der Waals surface area (Å²) in [6, 6.07) is 117. The van der Waals surface area contributed by atoms with Crippen molar-refractivity contribution in [3.05, 3.63) is 371 Å². The number of para-hydroxylation sites is 8. The highest BCUT2D eigenvalue weighted by Crippen LogP contribution is 2.43. The number of rotatable bonds is 0. The molecule has 9 heteroatoms. The van der Waals surface area contributed by atoms with Crippen molar-refractivity contribution in [1.29, 1.82) is 0 Å². The molecule has 0 fully saturated rings. The minimum absolute atomic E-state index is 0.206. The van der Waals surface area contributed by atoms with Crippen molar-refractivity contribution < 1.29 is 4.74 Å². The Labute approximate surface area is 650 Å². The molecule has 0 bridgehead atoms. The maximum Gasteiger partial charge on any atom is 0.256 e. The maximum absolute atomic E-state index is 6.37. The van der Waals surface area contributed by atoms with Crippen molar-refractivity contribution in [2.45, 2.75) is 47.0 Å². The fourth-order valence-corrected chi connectivity index (χ4v) is 22.3. The number of aryl methyl sites for hydroxylation is 4. The van der Waals surface area contributed by atoms with Gasteiger partial charge in [0.25, 0.3) is 6.71 Å². The Kier molecular flexibility index (Phi) is 13.0. The Morgan fingerprint density at radius 2 is 0.598 bits per heavy atom. The first kappa shape index (κ1) is 62.6. The van der Waals surface area contributed by atoms with Gasteiger partial charge >= 0.3 is 0 Å². The highest BCUT2D eigenvalue weighted by atomic mass is 16.5. The van der Waals surface area contributed by atoms with Crippen LogP contribution in [0.3, 0.4) is 0 Å². The van der Waals surface area contributed by atoms with Gasteiger partial charge in [0.1, 0.15) is 11.5 Å². The van der Waals surface area contributed by atoms with E-state index in [9.17, 15) is 0 Å². The molecule has 0 saturated carbocycles. The normalized spacial score (nSPS) is 13.6. The van der Waals surface area contributed by atoms with Crippen LogP contribution in [-0.4, -0.2) is 45.1 Å².